The van der Waals surface area contributed by atoms with E-state index in [1.54, 1.807) is 0 Å². The number of carbonyl (C=O) groups is 1. The lowest BCUT2D eigenvalue weighted by Crippen LogP contribution is -2.06. The van der Waals surface area contributed by atoms with Gasteiger partial charge in [0, 0.05) is 5.69 Å². The summed E-state index contributed by atoms with van der Waals surface area (Å²) in [5.74, 6) is -2.51. The first kappa shape index (κ1) is 12.9. The predicted molar refractivity (Wildman–Crippen MR) is 56.1 cm³/mol. The van der Waals surface area contributed by atoms with Crippen LogP contribution < -0.4 is 5.73 Å². The molecular weight excluding hydrogens is 267 g/mol. The third kappa shape index (κ3) is 2.49. The molecule has 1 aromatic heterocycles. The van der Waals surface area contributed by atoms with E-state index in [9.17, 15) is 18.0 Å². The highest BCUT2D eigenvalue weighted by molar-refractivity contribution is 5.84. The number of aromatic nitrogens is 2. The maximum Gasteiger partial charge on any atom is 0.416 e. The van der Waals surface area contributed by atoms with Gasteiger partial charge in [-0.3, -0.25) is 0 Å². The fraction of sp³-hybridized carbons (Fsp3) is 0.100. The van der Waals surface area contributed by atoms with E-state index in [-0.39, 0.29) is 17.1 Å². The molecule has 0 saturated carbocycles. The molecule has 1 aromatic carbocycles. The summed E-state index contributed by atoms with van der Waals surface area (Å²) >= 11 is 0. The van der Waals surface area contributed by atoms with E-state index in [0.29, 0.717) is 6.07 Å². The topological polar surface area (TPSA) is 102 Å². The maximum atomic E-state index is 12.5. The molecule has 0 bridgehead atoms. The quantitative estimate of drug-likeness (QED) is 0.811. The van der Waals surface area contributed by atoms with Crippen molar-refractivity contribution in [3.8, 4) is 11.5 Å². The van der Waals surface area contributed by atoms with Crippen molar-refractivity contribution in [3.05, 3.63) is 29.6 Å². The number of nitrogens with zero attached hydrogens (tertiary/aromatic N) is 2. The molecule has 0 amide bonds. The second-order valence-electron chi connectivity index (χ2n) is 3.53. The lowest BCUT2D eigenvalue weighted by molar-refractivity contribution is -0.137. The van der Waals surface area contributed by atoms with Gasteiger partial charge in [-0.25, -0.2) is 4.79 Å². The highest BCUT2D eigenvalue weighted by Crippen LogP contribution is 2.34. The van der Waals surface area contributed by atoms with Gasteiger partial charge in [-0.15, -0.1) is 0 Å². The molecule has 0 spiro atoms. The highest BCUT2D eigenvalue weighted by atomic mass is 19.4. The molecule has 19 heavy (non-hydrogen) atoms. The largest absolute Gasteiger partial charge is 0.475 e. The normalized spacial score (nSPS) is 11.5. The molecule has 0 aliphatic carbocycles. The van der Waals surface area contributed by atoms with Crippen molar-refractivity contribution in [2.24, 2.45) is 0 Å². The van der Waals surface area contributed by atoms with Crippen LogP contribution in [-0.4, -0.2) is 21.2 Å². The Kier molecular flexibility index (Phi) is 2.89. The molecule has 3 N–H and O–H groups in total. The number of nitrogens with two attached hydrogens (primary N) is 1. The summed E-state index contributed by atoms with van der Waals surface area (Å²) in [5, 5.41) is 11.7. The molecule has 0 aliphatic heterocycles. The van der Waals surface area contributed by atoms with E-state index < -0.39 is 23.5 Å². The number of carboxylic acid groups (broad SMARTS) is 1. The zero-order valence-electron chi connectivity index (χ0n) is 9.10. The Balaban J connectivity index is 2.51. The van der Waals surface area contributed by atoms with Gasteiger partial charge >= 0.3 is 12.1 Å². The molecule has 2 aromatic rings. The van der Waals surface area contributed by atoms with E-state index in [2.05, 4.69) is 14.7 Å². The fourth-order valence-corrected chi connectivity index (χ4v) is 1.34. The summed E-state index contributed by atoms with van der Waals surface area (Å²) in [6.45, 7) is 0. The summed E-state index contributed by atoms with van der Waals surface area (Å²) < 4.78 is 42.2. The van der Waals surface area contributed by atoms with Crippen LogP contribution >= 0.6 is 0 Å². The van der Waals surface area contributed by atoms with Gasteiger partial charge in [-0.05, 0) is 23.4 Å². The zero-order chi connectivity index (χ0) is 14.2. The first-order chi connectivity index (χ1) is 8.79. The minimum Gasteiger partial charge on any atom is -0.475 e. The van der Waals surface area contributed by atoms with Crippen molar-refractivity contribution in [2.75, 3.05) is 5.73 Å². The number of benzene rings is 1. The Morgan fingerprint density at radius 1 is 1.37 bits per heavy atom. The van der Waals surface area contributed by atoms with Gasteiger partial charge in [-0.1, -0.05) is 0 Å². The third-order valence-corrected chi connectivity index (χ3v) is 2.23. The Labute approximate surface area is 103 Å². The van der Waals surface area contributed by atoms with Crippen molar-refractivity contribution in [1.29, 1.82) is 0 Å². The van der Waals surface area contributed by atoms with Gasteiger partial charge in [0.2, 0.25) is 0 Å². The monoisotopic (exact) mass is 273 g/mol. The van der Waals surface area contributed by atoms with Crippen LogP contribution in [0, 0.1) is 0 Å². The molecule has 0 unspecified atom stereocenters. The maximum absolute atomic E-state index is 12.5. The molecule has 2 rings (SSSR count). The Hall–Kier alpha value is -2.58. The van der Waals surface area contributed by atoms with E-state index in [1.165, 1.54) is 0 Å². The van der Waals surface area contributed by atoms with Crippen LogP contribution in [0.15, 0.2) is 22.7 Å². The lowest BCUT2D eigenvalue weighted by Gasteiger charge is -2.08. The highest BCUT2D eigenvalue weighted by Gasteiger charge is 2.31. The van der Waals surface area contributed by atoms with Gasteiger partial charge < -0.3 is 15.4 Å². The molecule has 0 atom stereocenters. The minimum absolute atomic E-state index is 0.0337. The molecule has 0 fully saturated rings. The summed E-state index contributed by atoms with van der Waals surface area (Å²) in [5.41, 5.74) is 4.35. The smallest absolute Gasteiger partial charge is 0.416 e. The molecule has 0 aliphatic rings. The fourth-order valence-electron chi connectivity index (χ4n) is 1.34. The average Bonchev–Trinajstić information content (AvgIpc) is 2.77. The molecule has 6 nitrogen and oxygen atoms in total. The Morgan fingerprint density at radius 3 is 2.58 bits per heavy atom. The van der Waals surface area contributed by atoms with Crippen molar-refractivity contribution in [2.45, 2.75) is 6.18 Å². The summed E-state index contributed by atoms with van der Waals surface area (Å²) in [6, 6.07) is 2.55. The van der Waals surface area contributed by atoms with Crippen molar-refractivity contribution < 1.29 is 27.6 Å². The van der Waals surface area contributed by atoms with E-state index >= 15 is 0 Å². The van der Waals surface area contributed by atoms with Gasteiger partial charge in [0.1, 0.15) is 0 Å². The standard InChI is InChI=1S/C10H6F3N3O3/c11-10(12,13)4-1-2-6(14)5(3-4)8-15-7(9(17)18)16-19-8/h1-3H,14H2,(H,17,18). The second kappa shape index (κ2) is 4.26. The number of hydrogen-bond acceptors (Lipinski definition) is 5. The van der Waals surface area contributed by atoms with Crippen LogP contribution in [0.2, 0.25) is 0 Å². The van der Waals surface area contributed by atoms with Crippen LogP contribution in [0.3, 0.4) is 0 Å². The van der Waals surface area contributed by atoms with E-state index in [1.807, 2.05) is 0 Å². The van der Waals surface area contributed by atoms with Crippen molar-refractivity contribution >= 4 is 11.7 Å². The first-order valence-corrected chi connectivity index (χ1v) is 4.83. The number of aromatic carboxylic acids is 1. The molecule has 1 heterocycles. The van der Waals surface area contributed by atoms with Crippen LogP contribution in [0.25, 0.3) is 11.5 Å². The van der Waals surface area contributed by atoms with E-state index in [0.717, 1.165) is 12.1 Å². The lowest BCUT2D eigenvalue weighted by atomic mass is 10.1. The molecule has 0 radical (unpaired) electrons. The molecule has 100 valence electrons. The predicted octanol–water partition coefficient (Wildman–Crippen LogP) is 2.04. The summed E-state index contributed by atoms with van der Waals surface area (Å²) in [4.78, 5) is 14.0. The summed E-state index contributed by atoms with van der Waals surface area (Å²) in [7, 11) is 0. The Bertz CT molecular complexity index is 636. The minimum atomic E-state index is -4.56. The molecule has 9 heteroatoms. The SMILES string of the molecule is Nc1ccc(C(F)(F)F)cc1-c1nc(C(=O)O)no1. The van der Waals surface area contributed by atoms with Crippen LogP contribution in [0.1, 0.15) is 16.2 Å². The van der Waals surface area contributed by atoms with Gasteiger partial charge in [0.15, 0.2) is 0 Å². The van der Waals surface area contributed by atoms with Crippen LogP contribution in [0.5, 0.6) is 0 Å². The van der Waals surface area contributed by atoms with Crippen LogP contribution in [0.4, 0.5) is 18.9 Å². The third-order valence-electron chi connectivity index (χ3n) is 2.23. The zero-order valence-corrected chi connectivity index (χ0v) is 9.10. The molecular formula is C10H6F3N3O3. The average molecular weight is 273 g/mol. The van der Waals surface area contributed by atoms with Gasteiger partial charge in [-0.2, -0.15) is 18.2 Å². The van der Waals surface area contributed by atoms with Gasteiger partial charge in [0.05, 0.1) is 11.1 Å². The van der Waals surface area contributed by atoms with Gasteiger partial charge in [0.25, 0.3) is 11.7 Å². The van der Waals surface area contributed by atoms with Crippen molar-refractivity contribution in [3.63, 3.8) is 0 Å². The summed E-state index contributed by atoms with van der Waals surface area (Å²) in [6.07, 6.45) is -4.56. The number of halogens is 3. The number of nitrogen functional groups attached to an aromatic ring is 1. The Morgan fingerprint density at radius 2 is 2.05 bits per heavy atom. The number of carboxylic acids is 1. The number of hydrogen-bond donors (Lipinski definition) is 2. The number of alkyl halides is 3. The second-order valence-corrected chi connectivity index (χ2v) is 3.53. The molecule has 0 saturated heterocycles. The van der Waals surface area contributed by atoms with Crippen molar-refractivity contribution in [1.82, 2.24) is 10.1 Å². The number of anilines is 1. The number of rotatable bonds is 2. The van der Waals surface area contributed by atoms with E-state index in [4.69, 9.17) is 10.8 Å². The first-order valence-electron chi connectivity index (χ1n) is 4.83. The van der Waals surface area contributed by atoms with Crippen LogP contribution in [-0.2, 0) is 6.18 Å².